The van der Waals surface area contributed by atoms with E-state index in [0.717, 1.165) is 13.0 Å². The average Bonchev–Trinajstić information content (AvgIpc) is 2.38. The van der Waals surface area contributed by atoms with Crippen molar-refractivity contribution in [3.05, 3.63) is 0 Å². The van der Waals surface area contributed by atoms with Gasteiger partial charge in [-0.25, -0.2) is 4.18 Å². The molecule has 6 heteroatoms. The molecular formula is C14H31NO4S. The Hall–Kier alpha value is -0.170. The van der Waals surface area contributed by atoms with Crippen LogP contribution in [0.2, 0.25) is 0 Å². The second kappa shape index (κ2) is 13.8. The first-order valence-electron chi connectivity index (χ1n) is 7.89. The van der Waals surface area contributed by atoms with Crippen molar-refractivity contribution in [1.82, 2.24) is 5.32 Å². The van der Waals surface area contributed by atoms with Crippen LogP contribution in [0.3, 0.4) is 0 Å². The lowest BCUT2D eigenvalue weighted by molar-refractivity contribution is 0.267. The molecule has 0 aliphatic carbocycles. The average molecular weight is 309 g/mol. The molecule has 0 heterocycles. The summed E-state index contributed by atoms with van der Waals surface area (Å²) in [6.45, 7) is 3.53. The van der Waals surface area contributed by atoms with Crippen LogP contribution in [-0.2, 0) is 14.6 Å². The third-order valence-corrected chi connectivity index (χ3v) is 3.68. The van der Waals surface area contributed by atoms with E-state index in [0.29, 0.717) is 6.54 Å². The van der Waals surface area contributed by atoms with E-state index in [1.54, 1.807) is 0 Å². The minimum Gasteiger partial charge on any atom is -0.314 e. The van der Waals surface area contributed by atoms with Crippen molar-refractivity contribution < 1.29 is 17.2 Å². The zero-order chi connectivity index (χ0) is 15.1. The monoisotopic (exact) mass is 309 g/mol. The molecule has 20 heavy (non-hydrogen) atoms. The number of rotatable bonds is 15. The van der Waals surface area contributed by atoms with E-state index in [-0.39, 0.29) is 6.61 Å². The lowest BCUT2D eigenvalue weighted by Gasteiger charge is -2.04. The molecule has 0 aromatic rings. The largest absolute Gasteiger partial charge is 0.397 e. The van der Waals surface area contributed by atoms with Crippen molar-refractivity contribution in [3.63, 3.8) is 0 Å². The number of nitrogens with one attached hydrogen (secondary N) is 1. The van der Waals surface area contributed by atoms with E-state index in [2.05, 4.69) is 16.4 Å². The first-order valence-corrected chi connectivity index (χ1v) is 9.25. The van der Waals surface area contributed by atoms with Gasteiger partial charge in [0, 0.05) is 6.54 Å². The smallest absolute Gasteiger partial charge is 0.314 e. The summed E-state index contributed by atoms with van der Waals surface area (Å²) in [6.07, 6.45) is 13.0. The number of hydrogen-bond donors (Lipinski definition) is 2. The molecule has 0 radical (unpaired) electrons. The van der Waals surface area contributed by atoms with Crippen LogP contribution in [0, 0.1) is 0 Å². The molecule has 0 saturated heterocycles. The lowest BCUT2D eigenvalue weighted by atomic mass is 10.1. The highest BCUT2D eigenvalue weighted by Crippen LogP contribution is 2.10. The predicted octanol–water partition coefficient (Wildman–Crippen LogP) is 3.32. The van der Waals surface area contributed by atoms with Crippen molar-refractivity contribution >= 4 is 10.4 Å². The van der Waals surface area contributed by atoms with Crippen molar-refractivity contribution in [2.45, 2.75) is 71.1 Å². The van der Waals surface area contributed by atoms with Gasteiger partial charge < -0.3 is 5.32 Å². The molecule has 0 amide bonds. The third kappa shape index (κ3) is 17.8. The summed E-state index contributed by atoms with van der Waals surface area (Å²) in [7, 11) is -4.28. The molecule has 0 bridgehead atoms. The summed E-state index contributed by atoms with van der Waals surface area (Å²) in [5, 5.41) is 3.08. The van der Waals surface area contributed by atoms with Gasteiger partial charge in [0.25, 0.3) is 0 Å². The fourth-order valence-electron chi connectivity index (χ4n) is 2.08. The Kier molecular flexibility index (Phi) is 13.7. The van der Waals surface area contributed by atoms with Gasteiger partial charge in [-0.3, -0.25) is 4.55 Å². The first kappa shape index (κ1) is 19.8. The van der Waals surface area contributed by atoms with E-state index in [9.17, 15) is 8.42 Å². The Balaban J connectivity index is 3.03. The van der Waals surface area contributed by atoms with Crippen LogP contribution in [0.25, 0.3) is 0 Å². The summed E-state index contributed by atoms with van der Waals surface area (Å²) >= 11 is 0. The zero-order valence-electron chi connectivity index (χ0n) is 12.8. The maximum Gasteiger partial charge on any atom is 0.397 e. The van der Waals surface area contributed by atoms with Crippen LogP contribution in [0.4, 0.5) is 0 Å². The van der Waals surface area contributed by atoms with Crippen molar-refractivity contribution in [3.8, 4) is 0 Å². The van der Waals surface area contributed by atoms with E-state index >= 15 is 0 Å². The van der Waals surface area contributed by atoms with Crippen LogP contribution < -0.4 is 5.32 Å². The van der Waals surface area contributed by atoms with Crippen LogP contribution in [-0.4, -0.2) is 32.7 Å². The SMILES string of the molecule is CCCCCCCCCCCCNCCOS(=O)(=O)O. The molecule has 0 unspecified atom stereocenters. The first-order chi connectivity index (χ1) is 9.56. The number of unbranched alkanes of at least 4 members (excludes halogenated alkanes) is 9. The Morgan fingerprint density at radius 1 is 0.850 bits per heavy atom. The minimum atomic E-state index is -4.28. The molecule has 0 rings (SSSR count). The molecule has 0 aliphatic heterocycles. The highest BCUT2D eigenvalue weighted by Gasteiger charge is 2.02. The van der Waals surface area contributed by atoms with Crippen molar-refractivity contribution in [2.24, 2.45) is 0 Å². The molecule has 0 atom stereocenters. The van der Waals surface area contributed by atoms with Gasteiger partial charge in [-0.05, 0) is 13.0 Å². The fourth-order valence-corrected chi connectivity index (χ4v) is 2.38. The van der Waals surface area contributed by atoms with Gasteiger partial charge in [-0.1, -0.05) is 64.7 Å². The highest BCUT2D eigenvalue weighted by molar-refractivity contribution is 7.80. The molecule has 0 fully saturated rings. The van der Waals surface area contributed by atoms with Crippen molar-refractivity contribution in [2.75, 3.05) is 19.7 Å². The molecule has 0 saturated carbocycles. The van der Waals surface area contributed by atoms with Crippen LogP contribution in [0.5, 0.6) is 0 Å². The second-order valence-corrected chi connectivity index (χ2v) is 6.27. The Morgan fingerprint density at radius 3 is 1.85 bits per heavy atom. The summed E-state index contributed by atoms with van der Waals surface area (Å²) in [5.74, 6) is 0. The van der Waals surface area contributed by atoms with Crippen LogP contribution in [0.15, 0.2) is 0 Å². The lowest BCUT2D eigenvalue weighted by Crippen LogP contribution is -2.22. The van der Waals surface area contributed by atoms with Gasteiger partial charge in [-0.2, -0.15) is 8.42 Å². The molecular weight excluding hydrogens is 278 g/mol. The van der Waals surface area contributed by atoms with Gasteiger partial charge in [0.05, 0.1) is 6.61 Å². The quantitative estimate of drug-likeness (QED) is 0.358. The highest BCUT2D eigenvalue weighted by atomic mass is 32.3. The Bertz CT molecular complexity index is 294. The van der Waals surface area contributed by atoms with Gasteiger partial charge >= 0.3 is 10.4 Å². The molecule has 122 valence electrons. The van der Waals surface area contributed by atoms with Crippen LogP contribution in [0.1, 0.15) is 71.1 Å². The molecule has 2 N–H and O–H groups in total. The van der Waals surface area contributed by atoms with Gasteiger partial charge in [0.2, 0.25) is 0 Å². The van der Waals surface area contributed by atoms with Crippen LogP contribution >= 0.6 is 0 Å². The second-order valence-electron chi connectivity index (χ2n) is 5.18. The summed E-state index contributed by atoms with van der Waals surface area (Å²) in [5.41, 5.74) is 0. The Labute approximate surface area is 124 Å². The van der Waals surface area contributed by atoms with Gasteiger partial charge in [0.1, 0.15) is 0 Å². The van der Waals surface area contributed by atoms with Crippen molar-refractivity contribution in [1.29, 1.82) is 0 Å². The van der Waals surface area contributed by atoms with E-state index in [1.807, 2.05) is 0 Å². The topological polar surface area (TPSA) is 75.6 Å². The normalized spacial score (nSPS) is 11.9. The Morgan fingerprint density at radius 2 is 1.35 bits per heavy atom. The summed E-state index contributed by atoms with van der Waals surface area (Å²) < 4.78 is 33.0. The molecule has 0 aromatic carbocycles. The van der Waals surface area contributed by atoms with E-state index < -0.39 is 10.4 Å². The number of hydrogen-bond acceptors (Lipinski definition) is 4. The minimum absolute atomic E-state index is 0.0173. The van der Waals surface area contributed by atoms with E-state index in [1.165, 1.54) is 57.8 Å². The maximum atomic E-state index is 10.3. The molecule has 5 nitrogen and oxygen atoms in total. The zero-order valence-corrected chi connectivity index (χ0v) is 13.6. The maximum absolute atomic E-state index is 10.3. The fraction of sp³-hybridized carbons (Fsp3) is 1.00. The molecule has 0 aliphatic rings. The molecule has 0 aromatic heterocycles. The molecule has 0 spiro atoms. The summed E-state index contributed by atoms with van der Waals surface area (Å²) in [6, 6.07) is 0. The summed E-state index contributed by atoms with van der Waals surface area (Å²) in [4.78, 5) is 0. The van der Waals surface area contributed by atoms with Gasteiger partial charge in [-0.15, -0.1) is 0 Å². The van der Waals surface area contributed by atoms with E-state index in [4.69, 9.17) is 4.55 Å². The standard InChI is InChI=1S/C14H31NO4S/c1-2-3-4-5-6-7-8-9-10-11-12-15-13-14-19-20(16,17)18/h15H,2-14H2,1H3,(H,16,17,18). The third-order valence-electron chi connectivity index (χ3n) is 3.22. The van der Waals surface area contributed by atoms with Gasteiger partial charge in [0.15, 0.2) is 0 Å². The predicted molar refractivity (Wildman–Crippen MR) is 82.2 cm³/mol.